The topological polar surface area (TPSA) is 59.0 Å². The van der Waals surface area contributed by atoms with Gasteiger partial charge in [-0.25, -0.2) is 4.98 Å². The van der Waals surface area contributed by atoms with Crippen LogP contribution in [-0.4, -0.2) is 28.0 Å². The highest BCUT2D eigenvalue weighted by atomic mass is 16.2. The molecule has 2 atom stereocenters. The first-order valence-electron chi connectivity index (χ1n) is 7.28. The zero-order valence-electron chi connectivity index (χ0n) is 12.1. The fourth-order valence-corrected chi connectivity index (χ4v) is 2.83. The molecule has 3 rings (SSSR count). The molecular formula is C16H20N4O. The number of hydrogen-bond acceptors (Lipinski definition) is 3. The van der Waals surface area contributed by atoms with Crippen LogP contribution in [0.1, 0.15) is 24.0 Å². The lowest BCUT2D eigenvalue weighted by atomic mass is 9.90. The number of amides is 1. The van der Waals surface area contributed by atoms with Crippen LogP contribution in [0.15, 0.2) is 43.0 Å². The van der Waals surface area contributed by atoms with Crippen LogP contribution in [0.5, 0.6) is 0 Å². The number of nitrogens with one attached hydrogen (secondary N) is 2. The molecule has 5 nitrogen and oxygen atoms in total. The molecule has 0 aliphatic carbocycles. The van der Waals surface area contributed by atoms with Gasteiger partial charge in [0, 0.05) is 38.1 Å². The normalized spacial score (nSPS) is 18.8. The molecule has 0 saturated heterocycles. The van der Waals surface area contributed by atoms with Crippen molar-refractivity contribution in [1.29, 1.82) is 0 Å². The standard InChI is InChI=1S/C16H20N4O/c1-12(10-20-7-6-17-11-20)19-16(21)15-9-18-8-13-4-2-3-5-14(13)15/h2-7,11-12,15,18H,8-10H2,1H3,(H,19,21). The zero-order valence-corrected chi connectivity index (χ0v) is 12.1. The Labute approximate surface area is 124 Å². The summed E-state index contributed by atoms with van der Waals surface area (Å²) in [6.45, 7) is 4.28. The lowest BCUT2D eigenvalue weighted by Gasteiger charge is -2.27. The van der Waals surface area contributed by atoms with Gasteiger partial charge in [-0.3, -0.25) is 4.79 Å². The molecule has 0 radical (unpaired) electrons. The molecule has 0 bridgehead atoms. The number of carbonyl (C=O) groups is 1. The summed E-state index contributed by atoms with van der Waals surface area (Å²) in [5.41, 5.74) is 2.36. The predicted octanol–water partition coefficient (Wildman–Crippen LogP) is 1.27. The van der Waals surface area contributed by atoms with Crippen molar-refractivity contribution in [3.05, 3.63) is 54.1 Å². The molecule has 1 amide bonds. The van der Waals surface area contributed by atoms with Crippen molar-refractivity contribution in [2.75, 3.05) is 6.54 Å². The van der Waals surface area contributed by atoms with E-state index in [1.54, 1.807) is 12.5 Å². The van der Waals surface area contributed by atoms with Gasteiger partial charge in [0.2, 0.25) is 5.91 Å². The fraction of sp³-hybridized carbons (Fsp3) is 0.375. The Morgan fingerprint density at radius 2 is 2.38 bits per heavy atom. The number of rotatable bonds is 4. The minimum absolute atomic E-state index is 0.0702. The van der Waals surface area contributed by atoms with Crippen molar-refractivity contribution in [2.45, 2.75) is 32.0 Å². The predicted molar refractivity (Wildman–Crippen MR) is 80.7 cm³/mol. The molecule has 1 aromatic carbocycles. The number of fused-ring (bicyclic) bond motifs is 1. The molecule has 2 aromatic rings. The maximum absolute atomic E-state index is 12.5. The van der Waals surface area contributed by atoms with Gasteiger partial charge < -0.3 is 15.2 Å². The SMILES string of the molecule is CC(Cn1ccnc1)NC(=O)C1CNCc2ccccc21. The number of carbonyl (C=O) groups excluding carboxylic acids is 1. The van der Waals surface area contributed by atoms with Gasteiger partial charge in [0.05, 0.1) is 12.2 Å². The number of hydrogen-bond donors (Lipinski definition) is 2. The minimum Gasteiger partial charge on any atom is -0.351 e. The second kappa shape index (κ2) is 6.10. The van der Waals surface area contributed by atoms with Crippen molar-refractivity contribution in [1.82, 2.24) is 20.2 Å². The molecule has 2 unspecified atom stereocenters. The number of benzene rings is 1. The van der Waals surface area contributed by atoms with Crippen LogP contribution in [0, 0.1) is 0 Å². The van der Waals surface area contributed by atoms with Crippen LogP contribution in [0.3, 0.4) is 0 Å². The third kappa shape index (κ3) is 3.13. The van der Waals surface area contributed by atoms with E-state index in [1.165, 1.54) is 5.56 Å². The van der Waals surface area contributed by atoms with Gasteiger partial charge in [-0.1, -0.05) is 24.3 Å². The van der Waals surface area contributed by atoms with Gasteiger partial charge >= 0.3 is 0 Å². The lowest BCUT2D eigenvalue weighted by Crippen LogP contribution is -2.43. The first-order valence-corrected chi connectivity index (χ1v) is 7.28. The van der Waals surface area contributed by atoms with E-state index in [0.29, 0.717) is 6.54 Å². The van der Waals surface area contributed by atoms with E-state index in [9.17, 15) is 4.79 Å². The van der Waals surface area contributed by atoms with Gasteiger partial charge in [-0.2, -0.15) is 0 Å². The largest absolute Gasteiger partial charge is 0.351 e. The Morgan fingerprint density at radius 3 is 3.19 bits per heavy atom. The van der Waals surface area contributed by atoms with Crippen molar-refractivity contribution in [3.63, 3.8) is 0 Å². The Balaban J connectivity index is 1.66. The monoisotopic (exact) mass is 284 g/mol. The van der Waals surface area contributed by atoms with Gasteiger partial charge in [-0.15, -0.1) is 0 Å². The van der Waals surface area contributed by atoms with Crippen LogP contribution >= 0.6 is 0 Å². The van der Waals surface area contributed by atoms with Crippen LogP contribution in [0.2, 0.25) is 0 Å². The molecule has 1 aliphatic rings. The lowest BCUT2D eigenvalue weighted by molar-refractivity contribution is -0.123. The van der Waals surface area contributed by atoms with Crippen LogP contribution < -0.4 is 10.6 Å². The second-order valence-corrected chi connectivity index (χ2v) is 5.55. The number of aromatic nitrogens is 2. The van der Waals surface area contributed by atoms with Crippen molar-refractivity contribution in [2.24, 2.45) is 0 Å². The number of imidazole rings is 1. The molecule has 0 spiro atoms. The van der Waals surface area contributed by atoms with Gasteiger partial charge in [-0.05, 0) is 18.1 Å². The molecule has 1 aromatic heterocycles. The molecule has 2 N–H and O–H groups in total. The Kier molecular flexibility index (Phi) is 4.01. The van der Waals surface area contributed by atoms with E-state index in [-0.39, 0.29) is 17.9 Å². The van der Waals surface area contributed by atoms with Crippen molar-refractivity contribution < 1.29 is 4.79 Å². The molecule has 0 saturated carbocycles. The van der Waals surface area contributed by atoms with Crippen molar-refractivity contribution in [3.8, 4) is 0 Å². The van der Waals surface area contributed by atoms with Gasteiger partial charge in [0.25, 0.3) is 0 Å². The Morgan fingerprint density at radius 1 is 1.52 bits per heavy atom. The summed E-state index contributed by atoms with van der Waals surface area (Å²) in [5, 5.41) is 6.42. The maximum atomic E-state index is 12.5. The van der Waals surface area contributed by atoms with Crippen molar-refractivity contribution >= 4 is 5.91 Å². The summed E-state index contributed by atoms with van der Waals surface area (Å²) in [4.78, 5) is 16.5. The van der Waals surface area contributed by atoms with Crippen LogP contribution in [0.25, 0.3) is 0 Å². The molecule has 110 valence electrons. The van der Waals surface area contributed by atoms with Gasteiger partial charge in [0.15, 0.2) is 0 Å². The summed E-state index contributed by atoms with van der Waals surface area (Å²) in [5.74, 6) is -0.0255. The minimum atomic E-state index is -0.111. The number of nitrogens with zero attached hydrogens (tertiary/aromatic N) is 2. The van der Waals surface area contributed by atoms with E-state index >= 15 is 0 Å². The first-order chi connectivity index (χ1) is 10.2. The summed E-state index contributed by atoms with van der Waals surface area (Å²) in [7, 11) is 0. The highest BCUT2D eigenvalue weighted by Gasteiger charge is 2.26. The first kappa shape index (κ1) is 13.8. The highest BCUT2D eigenvalue weighted by Crippen LogP contribution is 2.23. The van der Waals surface area contributed by atoms with Gasteiger partial charge in [0.1, 0.15) is 0 Å². The summed E-state index contributed by atoms with van der Waals surface area (Å²) >= 11 is 0. The van der Waals surface area contributed by atoms with Crippen LogP contribution in [-0.2, 0) is 17.9 Å². The average molecular weight is 284 g/mol. The summed E-state index contributed by atoms with van der Waals surface area (Å²) in [6, 6.07) is 8.22. The molecule has 2 heterocycles. The molecule has 1 aliphatic heterocycles. The second-order valence-electron chi connectivity index (χ2n) is 5.55. The smallest absolute Gasteiger partial charge is 0.229 e. The Hall–Kier alpha value is -2.14. The van der Waals surface area contributed by atoms with Crippen LogP contribution in [0.4, 0.5) is 0 Å². The van der Waals surface area contributed by atoms with E-state index in [1.807, 2.05) is 29.8 Å². The highest BCUT2D eigenvalue weighted by molar-refractivity contribution is 5.84. The summed E-state index contributed by atoms with van der Waals surface area (Å²) < 4.78 is 1.97. The molecular weight excluding hydrogens is 264 g/mol. The van der Waals surface area contributed by atoms with E-state index in [2.05, 4.69) is 27.8 Å². The molecule has 0 fully saturated rings. The summed E-state index contributed by atoms with van der Waals surface area (Å²) in [6.07, 6.45) is 5.41. The van der Waals surface area contributed by atoms with E-state index < -0.39 is 0 Å². The molecule has 5 heteroatoms. The third-order valence-corrected chi connectivity index (χ3v) is 3.84. The third-order valence-electron chi connectivity index (χ3n) is 3.84. The fourth-order valence-electron chi connectivity index (χ4n) is 2.83. The van der Waals surface area contributed by atoms with E-state index in [4.69, 9.17) is 0 Å². The average Bonchev–Trinajstić information content (AvgIpc) is 2.99. The zero-order chi connectivity index (χ0) is 14.7. The quantitative estimate of drug-likeness (QED) is 0.889. The van der Waals surface area contributed by atoms with E-state index in [0.717, 1.165) is 18.7 Å². The maximum Gasteiger partial charge on any atom is 0.229 e. The molecule has 21 heavy (non-hydrogen) atoms. The Bertz CT molecular complexity index is 608.